The van der Waals surface area contributed by atoms with Gasteiger partial charge in [0.15, 0.2) is 5.78 Å². The zero-order valence-corrected chi connectivity index (χ0v) is 9.26. The number of aromatic hydroxyl groups is 1. The Kier molecular flexibility index (Phi) is 3.94. The van der Waals surface area contributed by atoms with Crippen molar-refractivity contribution in [2.45, 2.75) is 0 Å². The number of phenolic OH excluding ortho intramolecular Hbond substituents is 1. The second-order valence-electron chi connectivity index (χ2n) is 2.93. The number of ketones is 1. The first-order chi connectivity index (χ1) is 7.11. The summed E-state index contributed by atoms with van der Waals surface area (Å²) < 4.78 is 4.90. The van der Waals surface area contributed by atoms with Gasteiger partial charge in [-0.1, -0.05) is 11.6 Å². The average molecular weight is 230 g/mol. The van der Waals surface area contributed by atoms with Gasteiger partial charge >= 0.3 is 0 Å². The number of methoxy groups -OCH3 is 1. The van der Waals surface area contributed by atoms with Crippen LogP contribution < -0.4 is 10.1 Å². The fraction of sp³-hybridized carbons (Fsp3) is 0.300. The van der Waals surface area contributed by atoms with Crippen molar-refractivity contribution >= 4 is 17.4 Å². The molecule has 1 rings (SSSR count). The summed E-state index contributed by atoms with van der Waals surface area (Å²) in [7, 11) is 3.09. The molecule has 0 bridgehead atoms. The van der Waals surface area contributed by atoms with E-state index in [1.807, 2.05) is 0 Å². The first-order valence-corrected chi connectivity index (χ1v) is 4.72. The lowest BCUT2D eigenvalue weighted by molar-refractivity contribution is 0.0991. The minimum absolute atomic E-state index is 0.0550. The molecule has 0 fully saturated rings. The number of Topliss-reactive ketones (excluding diaryl/α,β-unsaturated/α-hetero) is 1. The first-order valence-electron chi connectivity index (χ1n) is 4.35. The van der Waals surface area contributed by atoms with Gasteiger partial charge in [-0.25, -0.2) is 0 Å². The molecule has 15 heavy (non-hydrogen) atoms. The lowest BCUT2D eigenvalue weighted by Crippen LogP contribution is -2.18. The fourth-order valence-electron chi connectivity index (χ4n) is 1.18. The number of likely N-dealkylation sites (N-methyl/N-ethyl adjacent to an activating group) is 1. The molecule has 5 heteroatoms. The topological polar surface area (TPSA) is 58.6 Å². The molecule has 0 amide bonds. The predicted molar refractivity (Wildman–Crippen MR) is 57.9 cm³/mol. The summed E-state index contributed by atoms with van der Waals surface area (Å²) >= 11 is 5.80. The highest BCUT2D eigenvalue weighted by Crippen LogP contribution is 2.35. The smallest absolute Gasteiger partial charge is 0.180 e. The van der Waals surface area contributed by atoms with Gasteiger partial charge in [0.05, 0.1) is 19.2 Å². The van der Waals surface area contributed by atoms with Crippen molar-refractivity contribution in [3.05, 3.63) is 22.7 Å². The molecule has 0 heterocycles. The summed E-state index contributed by atoms with van der Waals surface area (Å²) in [5.41, 5.74) is 0.190. The molecule has 4 nitrogen and oxygen atoms in total. The third kappa shape index (κ3) is 2.40. The fourth-order valence-corrected chi connectivity index (χ4v) is 1.43. The highest BCUT2D eigenvalue weighted by Gasteiger charge is 2.16. The molecule has 0 radical (unpaired) electrons. The van der Waals surface area contributed by atoms with Gasteiger partial charge in [0.1, 0.15) is 16.5 Å². The van der Waals surface area contributed by atoms with Crippen LogP contribution in [0.1, 0.15) is 10.4 Å². The van der Waals surface area contributed by atoms with Crippen molar-refractivity contribution < 1.29 is 14.6 Å². The van der Waals surface area contributed by atoms with Gasteiger partial charge in [-0.3, -0.25) is 4.79 Å². The van der Waals surface area contributed by atoms with Gasteiger partial charge in [0.25, 0.3) is 0 Å². The number of hydrogen-bond donors (Lipinski definition) is 2. The van der Waals surface area contributed by atoms with E-state index in [4.69, 9.17) is 16.3 Å². The number of phenols is 1. The highest BCUT2D eigenvalue weighted by molar-refractivity contribution is 6.34. The lowest BCUT2D eigenvalue weighted by Gasteiger charge is -2.08. The van der Waals surface area contributed by atoms with Gasteiger partial charge in [-0.05, 0) is 19.2 Å². The minimum atomic E-state index is -0.240. The Labute approximate surface area is 92.8 Å². The van der Waals surface area contributed by atoms with E-state index in [2.05, 4.69) is 5.32 Å². The highest BCUT2D eigenvalue weighted by atomic mass is 35.5. The maximum Gasteiger partial charge on any atom is 0.180 e. The van der Waals surface area contributed by atoms with Crippen LogP contribution in [0.5, 0.6) is 11.5 Å². The van der Waals surface area contributed by atoms with Gasteiger partial charge in [0.2, 0.25) is 0 Å². The SMILES string of the molecule is CNCC(=O)c1ccc(OC)c(Cl)c1O. The lowest BCUT2D eigenvalue weighted by atomic mass is 10.1. The monoisotopic (exact) mass is 229 g/mol. The summed E-state index contributed by atoms with van der Waals surface area (Å²) in [4.78, 5) is 11.5. The largest absolute Gasteiger partial charge is 0.505 e. The zero-order valence-electron chi connectivity index (χ0n) is 8.50. The molecule has 0 atom stereocenters. The maximum atomic E-state index is 11.5. The summed E-state index contributed by atoms with van der Waals surface area (Å²) in [6.07, 6.45) is 0. The number of rotatable bonds is 4. The molecule has 0 spiro atoms. The van der Waals surface area contributed by atoms with Gasteiger partial charge in [0, 0.05) is 0 Å². The Morgan fingerprint density at radius 1 is 1.60 bits per heavy atom. The third-order valence-electron chi connectivity index (χ3n) is 1.94. The van der Waals surface area contributed by atoms with Gasteiger partial charge < -0.3 is 15.2 Å². The predicted octanol–water partition coefficient (Wildman–Crippen LogP) is 1.46. The summed E-state index contributed by atoms with van der Waals surface area (Å²) in [6, 6.07) is 3.03. The molecule has 0 saturated carbocycles. The number of benzene rings is 1. The normalized spacial score (nSPS) is 10.1. The molecule has 1 aromatic rings. The minimum Gasteiger partial charge on any atom is -0.505 e. The molecule has 82 valence electrons. The van der Waals surface area contributed by atoms with E-state index in [1.54, 1.807) is 13.1 Å². The van der Waals surface area contributed by atoms with E-state index in [1.165, 1.54) is 13.2 Å². The Hall–Kier alpha value is -1.26. The standard InChI is InChI=1S/C10H12ClNO3/c1-12-5-7(13)6-3-4-8(15-2)9(11)10(6)14/h3-4,12,14H,5H2,1-2H3. The van der Waals surface area contributed by atoms with Crippen molar-refractivity contribution in [2.24, 2.45) is 0 Å². The molecular formula is C10H12ClNO3. The Balaban J connectivity index is 3.11. The summed E-state index contributed by atoms with van der Waals surface area (Å²) in [5.74, 6) is -0.119. The van der Waals surface area contributed by atoms with Crippen LogP contribution in [0.2, 0.25) is 5.02 Å². The van der Waals surface area contributed by atoms with Crippen LogP contribution in [0.15, 0.2) is 12.1 Å². The zero-order chi connectivity index (χ0) is 11.4. The van der Waals surface area contributed by atoms with E-state index in [-0.39, 0.29) is 28.7 Å². The van der Waals surface area contributed by atoms with Crippen molar-refractivity contribution in [3.8, 4) is 11.5 Å². The average Bonchev–Trinajstić information content (AvgIpc) is 2.22. The number of ether oxygens (including phenoxy) is 1. The molecule has 1 aromatic carbocycles. The van der Waals surface area contributed by atoms with E-state index >= 15 is 0 Å². The molecule has 0 aliphatic carbocycles. The molecule has 0 unspecified atom stereocenters. The quantitative estimate of drug-likeness (QED) is 0.768. The van der Waals surface area contributed by atoms with Crippen LogP contribution in [0.25, 0.3) is 0 Å². The van der Waals surface area contributed by atoms with Crippen LogP contribution in [0, 0.1) is 0 Å². The Morgan fingerprint density at radius 2 is 2.27 bits per heavy atom. The number of carbonyl (C=O) groups excluding carboxylic acids is 1. The maximum absolute atomic E-state index is 11.5. The summed E-state index contributed by atoms with van der Waals surface area (Å²) in [5, 5.41) is 12.4. The Morgan fingerprint density at radius 3 is 2.80 bits per heavy atom. The van der Waals surface area contributed by atoms with Crippen molar-refractivity contribution in [1.82, 2.24) is 5.32 Å². The van der Waals surface area contributed by atoms with Gasteiger partial charge in [-0.15, -0.1) is 0 Å². The second kappa shape index (κ2) is 5.00. The van der Waals surface area contributed by atoms with Crippen LogP contribution in [-0.4, -0.2) is 31.6 Å². The van der Waals surface area contributed by atoms with Crippen molar-refractivity contribution in [3.63, 3.8) is 0 Å². The van der Waals surface area contributed by atoms with E-state index in [9.17, 15) is 9.90 Å². The van der Waals surface area contributed by atoms with Crippen LogP contribution in [0.4, 0.5) is 0 Å². The van der Waals surface area contributed by atoms with Crippen LogP contribution in [-0.2, 0) is 0 Å². The molecule has 2 N–H and O–H groups in total. The number of carbonyl (C=O) groups is 1. The molecule has 0 aliphatic rings. The second-order valence-corrected chi connectivity index (χ2v) is 3.31. The molecule has 0 aromatic heterocycles. The van der Waals surface area contributed by atoms with Crippen LogP contribution >= 0.6 is 11.6 Å². The van der Waals surface area contributed by atoms with Gasteiger partial charge in [-0.2, -0.15) is 0 Å². The number of hydrogen-bond acceptors (Lipinski definition) is 4. The van der Waals surface area contributed by atoms with E-state index < -0.39 is 0 Å². The van der Waals surface area contributed by atoms with Crippen LogP contribution in [0.3, 0.4) is 0 Å². The van der Waals surface area contributed by atoms with E-state index in [0.29, 0.717) is 5.75 Å². The molecule has 0 saturated heterocycles. The number of nitrogens with one attached hydrogen (secondary N) is 1. The first kappa shape index (κ1) is 11.8. The number of halogens is 1. The van der Waals surface area contributed by atoms with Crippen molar-refractivity contribution in [1.29, 1.82) is 0 Å². The van der Waals surface area contributed by atoms with Crippen molar-refractivity contribution in [2.75, 3.05) is 20.7 Å². The molecule has 0 aliphatic heterocycles. The van der Waals surface area contributed by atoms with E-state index in [0.717, 1.165) is 0 Å². The Bertz CT molecular complexity index is 379. The summed E-state index contributed by atoms with van der Waals surface area (Å²) in [6.45, 7) is 0.149. The third-order valence-corrected chi connectivity index (χ3v) is 2.30. The molecular weight excluding hydrogens is 218 g/mol.